The fourth-order valence-corrected chi connectivity index (χ4v) is 4.22. The van der Waals surface area contributed by atoms with Crippen LogP contribution in [0.15, 0.2) is 47.1 Å². The number of benzene rings is 1. The van der Waals surface area contributed by atoms with Crippen molar-refractivity contribution in [3.63, 3.8) is 0 Å². The van der Waals surface area contributed by atoms with Crippen LogP contribution in [0, 0.1) is 6.92 Å². The number of furan rings is 1. The van der Waals surface area contributed by atoms with E-state index in [4.69, 9.17) is 16.0 Å². The Balaban J connectivity index is 1.55. The number of amides is 1. The van der Waals surface area contributed by atoms with Gasteiger partial charge >= 0.3 is 0 Å². The number of halogens is 1. The molecule has 0 radical (unpaired) electrons. The van der Waals surface area contributed by atoms with E-state index in [0.717, 1.165) is 10.4 Å². The highest BCUT2D eigenvalue weighted by Crippen LogP contribution is 2.32. The van der Waals surface area contributed by atoms with Crippen LogP contribution in [-0.4, -0.2) is 21.1 Å². The smallest absolute Gasteiger partial charge is 0.277 e. The molecule has 4 rings (SSSR count). The third-order valence-corrected chi connectivity index (χ3v) is 5.68. The van der Waals surface area contributed by atoms with E-state index in [1.807, 2.05) is 25.1 Å². The summed E-state index contributed by atoms with van der Waals surface area (Å²) in [4.78, 5) is 17.7. The summed E-state index contributed by atoms with van der Waals surface area (Å²) in [5.41, 5.74) is 1.12. The van der Waals surface area contributed by atoms with Gasteiger partial charge in [0.05, 0.1) is 11.3 Å². The molecule has 26 heavy (non-hydrogen) atoms. The number of carbonyl (C=O) groups is 1. The van der Waals surface area contributed by atoms with Gasteiger partial charge in [-0.15, -0.1) is 21.5 Å². The van der Waals surface area contributed by atoms with Crippen LogP contribution < -0.4 is 5.32 Å². The second-order valence-electron chi connectivity index (χ2n) is 5.25. The molecular weight excluding hydrogens is 392 g/mol. The van der Waals surface area contributed by atoms with Crippen LogP contribution in [0.5, 0.6) is 0 Å². The number of thiazole rings is 1. The molecule has 0 fully saturated rings. The fraction of sp³-hybridized carbons (Fsp3) is 0.0588. The monoisotopic (exact) mass is 402 g/mol. The summed E-state index contributed by atoms with van der Waals surface area (Å²) < 4.78 is 5.33. The first kappa shape index (κ1) is 16.9. The van der Waals surface area contributed by atoms with E-state index in [9.17, 15) is 4.79 Å². The maximum atomic E-state index is 12.5. The third kappa shape index (κ3) is 3.26. The Morgan fingerprint density at radius 2 is 1.96 bits per heavy atom. The average molecular weight is 403 g/mol. The van der Waals surface area contributed by atoms with Crippen molar-refractivity contribution in [3.8, 4) is 21.3 Å². The number of anilines is 1. The van der Waals surface area contributed by atoms with Crippen molar-refractivity contribution in [1.82, 2.24) is 15.2 Å². The van der Waals surface area contributed by atoms with Gasteiger partial charge in [0, 0.05) is 10.4 Å². The minimum absolute atomic E-state index is 0.335. The zero-order valence-electron chi connectivity index (χ0n) is 13.4. The van der Waals surface area contributed by atoms with Gasteiger partial charge in [-0.3, -0.25) is 10.1 Å². The normalized spacial score (nSPS) is 10.8. The van der Waals surface area contributed by atoms with E-state index in [0.29, 0.717) is 31.6 Å². The maximum Gasteiger partial charge on any atom is 0.277 e. The predicted molar refractivity (Wildman–Crippen MR) is 103 cm³/mol. The van der Waals surface area contributed by atoms with Crippen LogP contribution in [0.2, 0.25) is 5.02 Å². The Labute approximate surface area is 161 Å². The SMILES string of the molecule is Cc1sc(-c2ccco2)nc1C(=O)Nc1nnc(-c2ccccc2Cl)s1. The second kappa shape index (κ2) is 6.99. The lowest BCUT2D eigenvalue weighted by molar-refractivity contribution is 0.102. The quantitative estimate of drug-likeness (QED) is 0.511. The van der Waals surface area contributed by atoms with Gasteiger partial charge in [-0.05, 0) is 25.1 Å². The number of hydrogen-bond acceptors (Lipinski definition) is 7. The second-order valence-corrected chi connectivity index (χ2v) is 7.84. The molecular formula is C17H11ClN4O2S2. The van der Waals surface area contributed by atoms with Crippen molar-refractivity contribution < 1.29 is 9.21 Å². The van der Waals surface area contributed by atoms with Gasteiger partial charge in [0.2, 0.25) is 5.13 Å². The van der Waals surface area contributed by atoms with Crippen molar-refractivity contribution in [2.75, 3.05) is 5.32 Å². The molecule has 1 N–H and O–H groups in total. The molecule has 0 aliphatic heterocycles. The van der Waals surface area contributed by atoms with Crippen molar-refractivity contribution in [2.45, 2.75) is 6.92 Å². The van der Waals surface area contributed by atoms with Gasteiger partial charge in [-0.2, -0.15) is 0 Å². The Morgan fingerprint density at radius 1 is 1.12 bits per heavy atom. The number of rotatable bonds is 4. The average Bonchev–Trinajstić information content (AvgIpc) is 3.35. The van der Waals surface area contributed by atoms with E-state index >= 15 is 0 Å². The van der Waals surface area contributed by atoms with Crippen LogP contribution in [0.4, 0.5) is 5.13 Å². The molecule has 0 saturated heterocycles. The van der Waals surface area contributed by atoms with Gasteiger partial charge in [0.25, 0.3) is 5.91 Å². The van der Waals surface area contributed by atoms with Crippen molar-refractivity contribution in [2.24, 2.45) is 0 Å². The minimum atomic E-state index is -0.335. The largest absolute Gasteiger partial charge is 0.462 e. The van der Waals surface area contributed by atoms with Crippen LogP contribution in [0.1, 0.15) is 15.4 Å². The van der Waals surface area contributed by atoms with Gasteiger partial charge in [0.1, 0.15) is 5.69 Å². The highest BCUT2D eigenvalue weighted by molar-refractivity contribution is 7.18. The summed E-state index contributed by atoms with van der Waals surface area (Å²) in [7, 11) is 0. The van der Waals surface area contributed by atoms with E-state index in [1.54, 1.807) is 24.5 Å². The first-order valence-electron chi connectivity index (χ1n) is 7.53. The molecule has 1 aromatic carbocycles. The molecule has 3 heterocycles. The molecule has 0 bridgehead atoms. The van der Waals surface area contributed by atoms with Crippen LogP contribution >= 0.6 is 34.3 Å². The number of carbonyl (C=O) groups excluding carboxylic acids is 1. The van der Waals surface area contributed by atoms with Gasteiger partial charge in [-0.25, -0.2) is 4.98 Å². The van der Waals surface area contributed by atoms with E-state index < -0.39 is 0 Å². The Bertz CT molecular complexity index is 1070. The lowest BCUT2D eigenvalue weighted by Gasteiger charge is -1.99. The molecule has 0 aliphatic carbocycles. The standard InChI is InChI=1S/C17H11ClN4O2S2/c1-9-13(19-16(25-9)12-7-4-8-24-12)14(23)20-17-22-21-15(26-17)10-5-2-3-6-11(10)18/h2-8H,1H3,(H,20,22,23). The van der Waals surface area contributed by atoms with E-state index in [2.05, 4.69) is 20.5 Å². The highest BCUT2D eigenvalue weighted by atomic mass is 35.5. The summed E-state index contributed by atoms with van der Waals surface area (Å²) in [6, 6.07) is 10.9. The first-order valence-corrected chi connectivity index (χ1v) is 9.54. The summed E-state index contributed by atoms with van der Waals surface area (Å²) in [6.07, 6.45) is 1.57. The van der Waals surface area contributed by atoms with Crippen molar-refractivity contribution >= 4 is 45.3 Å². The Morgan fingerprint density at radius 3 is 2.73 bits per heavy atom. The molecule has 0 atom stereocenters. The number of aromatic nitrogens is 3. The molecule has 0 unspecified atom stereocenters. The molecule has 0 aliphatic rings. The number of aryl methyl sites for hydroxylation is 1. The number of nitrogens with zero attached hydrogens (tertiary/aromatic N) is 3. The molecule has 9 heteroatoms. The number of hydrogen-bond donors (Lipinski definition) is 1. The third-order valence-electron chi connectivity index (χ3n) is 3.49. The van der Waals surface area contributed by atoms with Crippen LogP contribution in [0.25, 0.3) is 21.3 Å². The first-order chi connectivity index (χ1) is 12.6. The fourth-order valence-electron chi connectivity index (χ4n) is 2.29. The molecule has 3 aromatic heterocycles. The van der Waals surface area contributed by atoms with Gasteiger partial charge in [-0.1, -0.05) is 41.1 Å². The Kier molecular flexibility index (Phi) is 4.54. The molecule has 130 valence electrons. The van der Waals surface area contributed by atoms with Crippen molar-refractivity contribution in [3.05, 3.63) is 58.3 Å². The lowest BCUT2D eigenvalue weighted by Crippen LogP contribution is -2.13. The lowest BCUT2D eigenvalue weighted by atomic mass is 10.2. The molecule has 6 nitrogen and oxygen atoms in total. The van der Waals surface area contributed by atoms with E-state index in [1.165, 1.54) is 22.7 Å². The summed E-state index contributed by atoms with van der Waals surface area (Å²) in [5.74, 6) is 0.299. The van der Waals surface area contributed by atoms with Crippen LogP contribution in [0.3, 0.4) is 0 Å². The summed E-state index contributed by atoms with van der Waals surface area (Å²) in [6.45, 7) is 1.84. The minimum Gasteiger partial charge on any atom is -0.462 e. The van der Waals surface area contributed by atoms with Gasteiger partial charge in [0.15, 0.2) is 15.8 Å². The van der Waals surface area contributed by atoms with Crippen molar-refractivity contribution in [1.29, 1.82) is 0 Å². The maximum absolute atomic E-state index is 12.5. The topological polar surface area (TPSA) is 80.9 Å². The Hall–Kier alpha value is -2.55. The molecule has 0 saturated carbocycles. The van der Waals surface area contributed by atoms with E-state index in [-0.39, 0.29) is 5.91 Å². The highest BCUT2D eigenvalue weighted by Gasteiger charge is 2.19. The van der Waals surface area contributed by atoms with Crippen LogP contribution in [-0.2, 0) is 0 Å². The summed E-state index contributed by atoms with van der Waals surface area (Å²) in [5, 5.41) is 13.1. The zero-order valence-corrected chi connectivity index (χ0v) is 15.8. The zero-order chi connectivity index (χ0) is 18.1. The molecule has 4 aromatic rings. The predicted octanol–water partition coefficient (Wildman–Crippen LogP) is 5.14. The summed E-state index contributed by atoms with van der Waals surface area (Å²) >= 11 is 8.83. The van der Waals surface area contributed by atoms with Gasteiger partial charge < -0.3 is 4.42 Å². The molecule has 1 amide bonds. The molecule has 0 spiro atoms. The number of nitrogens with one attached hydrogen (secondary N) is 1.